The average Bonchev–Trinajstić information content (AvgIpc) is 3.23. The number of nitrogens with zero attached hydrogens (tertiary/aromatic N) is 1. The molecule has 0 saturated heterocycles. The molecule has 0 saturated carbocycles. The van der Waals surface area contributed by atoms with Crippen molar-refractivity contribution >= 4 is 45.5 Å². The monoisotopic (exact) mass is 552 g/mol. The summed E-state index contributed by atoms with van der Waals surface area (Å²) in [6, 6.07) is 20.9. The van der Waals surface area contributed by atoms with Gasteiger partial charge in [-0.05, 0) is 70.9 Å². The Kier molecular flexibility index (Phi) is 7.33. The highest BCUT2D eigenvalue weighted by atomic mass is 79.9. The molecule has 1 heterocycles. The molecule has 1 amide bonds. The molecule has 9 heteroatoms. The Bertz CT molecular complexity index is 1410. The minimum Gasteiger partial charge on any atom is -0.477 e. The Balaban J connectivity index is 1.55. The number of carboxylic acids is 1. The second kappa shape index (κ2) is 10.6. The standard InChI is InChI=1S/C26H18BrClN2O5/c1-15-23(24(30-35-15)17-8-10-18(28)11-9-17)25(31)29-21(26(32)33)14-16-6-12-19(13-7-16)34-22-5-3-2-4-20(22)27/h2-14H,1H3,(H,29,31)(H,32,33)/b21-14+. The minimum absolute atomic E-state index is 0.136. The summed E-state index contributed by atoms with van der Waals surface area (Å²) in [7, 11) is 0. The van der Waals surface area contributed by atoms with E-state index in [9.17, 15) is 14.7 Å². The van der Waals surface area contributed by atoms with Gasteiger partial charge in [-0.25, -0.2) is 4.79 Å². The number of hydrogen-bond acceptors (Lipinski definition) is 5. The molecule has 0 radical (unpaired) electrons. The van der Waals surface area contributed by atoms with E-state index in [-0.39, 0.29) is 22.7 Å². The van der Waals surface area contributed by atoms with Crippen LogP contribution in [0.4, 0.5) is 0 Å². The molecule has 0 aliphatic carbocycles. The summed E-state index contributed by atoms with van der Waals surface area (Å²) >= 11 is 9.37. The first-order valence-corrected chi connectivity index (χ1v) is 11.5. The number of carboxylic acid groups (broad SMARTS) is 1. The molecule has 4 aromatic rings. The molecular formula is C26H18BrClN2O5. The molecule has 7 nitrogen and oxygen atoms in total. The molecule has 176 valence electrons. The Morgan fingerprint density at radius 2 is 1.74 bits per heavy atom. The predicted octanol–water partition coefficient (Wildman–Crippen LogP) is 6.71. The number of ether oxygens (including phenoxy) is 1. The number of para-hydroxylation sites is 1. The SMILES string of the molecule is Cc1onc(-c2ccc(Cl)cc2)c1C(=O)N/C(=C/c1ccc(Oc2ccccc2Br)cc1)C(=O)O. The number of carbonyl (C=O) groups excluding carboxylic acids is 1. The Hall–Kier alpha value is -3.88. The molecule has 2 N–H and O–H groups in total. The normalized spacial score (nSPS) is 11.2. The first-order chi connectivity index (χ1) is 16.8. The molecule has 4 rings (SSSR count). The quantitative estimate of drug-likeness (QED) is 0.247. The Labute approximate surface area is 214 Å². The topological polar surface area (TPSA) is 102 Å². The van der Waals surface area contributed by atoms with Crippen LogP contribution in [0.5, 0.6) is 11.5 Å². The number of aryl methyl sites for hydroxylation is 1. The summed E-state index contributed by atoms with van der Waals surface area (Å²) in [6.45, 7) is 1.58. The van der Waals surface area contributed by atoms with Crippen molar-refractivity contribution in [2.45, 2.75) is 6.92 Å². The maximum absolute atomic E-state index is 13.0. The van der Waals surface area contributed by atoms with E-state index >= 15 is 0 Å². The third-order valence-electron chi connectivity index (χ3n) is 4.94. The summed E-state index contributed by atoms with van der Waals surface area (Å²) in [5.74, 6) is -0.478. The summed E-state index contributed by atoms with van der Waals surface area (Å²) < 4.78 is 11.8. The summed E-state index contributed by atoms with van der Waals surface area (Å²) in [6.07, 6.45) is 1.35. The zero-order valence-corrected chi connectivity index (χ0v) is 20.6. The lowest BCUT2D eigenvalue weighted by Crippen LogP contribution is -2.27. The van der Waals surface area contributed by atoms with Gasteiger partial charge < -0.3 is 19.7 Å². The largest absolute Gasteiger partial charge is 0.477 e. The number of amides is 1. The second-order valence-corrected chi connectivity index (χ2v) is 8.68. The lowest BCUT2D eigenvalue weighted by atomic mass is 10.1. The summed E-state index contributed by atoms with van der Waals surface area (Å²) in [5.41, 5.74) is 1.28. The van der Waals surface area contributed by atoms with Crippen LogP contribution in [0.15, 0.2) is 87.5 Å². The van der Waals surface area contributed by atoms with Gasteiger partial charge in [0.1, 0.15) is 34.2 Å². The second-order valence-electron chi connectivity index (χ2n) is 7.39. The first kappa shape index (κ1) is 24.3. The number of aliphatic carboxylic acids is 1. The molecule has 0 atom stereocenters. The third kappa shape index (κ3) is 5.79. The zero-order valence-electron chi connectivity index (χ0n) is 18.3. The van der Waals surface area contributed by atoms with Crippen molar-refractivity contribution in [1.29, 1.82) is 0 Å². The van der Waals surface area contributed by atoms with Crippen LogP contribution >= 0.6 is 27.5 Å². The number of halogens is 2. The fraction of sp³-hybridized carbons (Fsp3) is 0.0385. The van der Waals surface area contributed by atoms with Gasteiger partial charge >= 0.3 is 5.97 Å². The van der Waals surface area contributed by atoms with Crippen LogP contribution in [0.3, 0.4) is 0 Å². The van der Waals surface area contributed by atoms with Crippen LogP contribution in [-0.4, -0.2) is 22.1 Å². The highest BCUT2D eigenvalue weighted by Crippen LogP contribution is 2.30. The van der Waals surface area contributed by atoms with Crippen molar-refractivity contribution in [2.75, 3.05) is 0 Å². The molecule has 35 heavy (non-hydrogen) atoms. The highest BCUT2D eigenvalue weighted by Gasteiger charge is 2.24. The number of hydrogen-bond donors (Lipinski definition) is 2. The van der Waals surface area contributed by atoms with E-state index in [2.05, 4.69) is 26.4 Å². The van der Waals surface area contributed by atoms with Crippen molar-refractivity contribution in [2.24, 2.45) is 0 Å². The number of aromatic nitrogens is 1. The van der Waals surface area contributed by atoms with Gasteiger partial charge in [0.2, 0.25) is 0 Å². The van der Waals surface area contributed by atoms with Gasteiger partial charge in [-0.15, -0.1) is 0 Å². The maximum Gasteiger partial charge on any atom is 0.352 e. The zero-order chi connectivity index (χ0) is 24.9. The molecular weight excluding hydrogens is 536 g/mol. The minimum atomic E-state index is -1.30. The number of carbonyl (C=O) groups is 2. The predicted molar refractivity (Wildman–Crippen MR) is 135 cm³/mol. The van der Waals surface area contributed by atoms with Gasteiger partial charge in [0.05, 0.1) is 4.47 Å². The van der Waals surface area contributed by atoms with Crippen LogP contribution < -0.4 is 10.1 Å². The van der Waals surface area contributed by atoms with Gasteiger partial charge in [0.25, 0.3) is 5.91 Å². The molecule has 0 bridgehead atoms. The van der Waals surface area contributed by atoms with Gasteiger partial charge in [0.15, 0.2) is 0 Å². The third-order valence-corrected chi connectivity index (χ3v) is 5.85. The average molecular weight is 554 g/mol. The smallest absolute Gasteiger partial charge is 0.352 e. The van der Waals surface area contributed by atoms with E-state index in [1.54, 1.807) is 55.5 Å². The molecule has 0 aliphatic rings. The van der Waals surface area contributed by atoms with Crippen LogP contribution in [0, 0.1) is 6.92 Å². The number of nitrogens with one attached hydrogen (secondary N) is 1. The van der Waals surface area contributed by atoms with Crippen molar-refractivity contribution in [3.05, 3.63) is 105 Å². The van der Waals surface area contributed by atoms with E-state index in [4.69, 9.17) is 20.9 Å². The van der Waals surface area contributed by atoms with Crippen LogP contribution in [0.2, 0.25) is 5.02 Å². The van der Waals surface area contributed by atoms with Gasteiger partial charge in [0, 0.05) is 10.6 Å². The van der Waals surface area contributed by atoms with E-state index in [1.807, 2.05) is 24.3 Å². The Morgan fingerprint density at radius 3 is 2.40 bits per heavy atom. The summed E-state index contributed by atoms with van der Waals surface area (Å²) in [4.78, 5) is 24.9. The van der Waals surface area contributed by atoms with Crippen molar-refractivity contribution in [3.8, 4) is 22.8 Å². The Morgan fingerprint density at radius 1 is 1.06 bits per heavy atom. The van der Waals surface area contributed by atoms with Crippen LogP contribution in [0.25, 0.3) is 17.3 Å². The lowest BCUT2D eigenvalue weighted by Gasteiger charge is -2.09. The van der Waals surface area contributed by atoms with Gasteiger partial charge in [-0.3, -0.25) is 4.79 Å². The van der Waals surface area contributed by atoms with Crippen LogP contribution in [0.1, 0.15) is 21.7 Å². The fourth-order valence-corrected chi connectivity index (χ4v) is 3.73. The van der Waals surface area contributed by atoms with E-state index in [0.717, 1.165) is 4.47 Å². The number of rotatable bonds is 7. The number of benzene rings is 3. The van der Waals surface area contributed by atoms with Crippen molar-refractivity contribution in [3.63, 3.8) is 0 Å². The molecule has 0 spiro atoms. The van der Waals surface area contributed by atoms with Gasteiger partial charge in [-0.2, -0.15) is 0 Å². The lowest BCUT2D eigenvalue weighted by molar-refractivity contribution is -0.132. The summed E-state index contributed by atoms with van der Waals surface area (Å²) in [5, 5.41) is 16.6. The molecule has 0 unspecified atom stereocenters. The van der Waals surface area contributed by atoms with Crippen molar-refractivity contribution in [1.82, 2.24) is 10.5 Å². The van der Waals surface area contributed by atoms with Crippen molar-refractivity contribution < 1.29 is 24.0 Å². The maximum atomic E-state index is 13.0. The molecule has 3 aromatic carbocycles. The van der Waals surface area contributed by atoms with E-state index < -0.39 is 11.9 Å². The first-order valence-electron chi connectivity index (χ1n) is 10.3. The van der Waals surface area contributed by atoms with Crippen LogP contribution in [-0.2, 0) is 4.79 Å². The molecule has 0 aliphatic heterocycles. The van der Waals surface area contributed by atoms with Gasteiger partial charge in [-0.1, -0.05) is 53.2 Å². The fourth-order valence-electron chi connectivity index (χ4n) is 3.23. The van der Waals surface area contributed by atoms with E-state index in [1.165, 1.54) is 6.08 Å². The molecule has 0 fully saturated rings. The molecule has 1 aromatic heterocycles. The van der Waals surface area contributed by atoms with E-state index in [0.29, 0.717) is 27.6 Å². The highest BCUT2D eigenvalue weighted by molar-refractivity contribution is 9.10.